The average molecular weight is 616 g/mol. The Morgan fingerprint density at radius 1 is 1.13 bits per heavy atom. The number of sulfone groups is 1. The van der Waals surface area contributed by atoms with Crippen LogP contribution in [-0.4, -0.2) is 36.7 Å². The summed E-state index contributed by atoms with van der Waals surface area (Å²) in [7, 11) is -3.57. The molecule has 1 aliphatic carbocycles. The van der Waals surface area contributed by atoms with Gasteiger partial charge in [-0.15, -0.1) is 0 Å². The molecule has 6 nitrogen and oxygen atoms in total. The number of rotatable bonds is 5. The molecule has 1 heterocycles. The van der Waals surface area contributed by atoms with E-state index < -0.39 is 55.9 Å². The van der Waals surface area contributed by atoms with Gasteiger partial charge in [-0.25, -0.2) is 31.4 Å². The van der Waals surface area contributed by atoms with Gasteiger partial charge >= 0.3 is 6.09 Å². The van der Waals surface area contributed by atoms with Crippen molar-refractivity contribution in [1.82, 2.24) is 4.98 Å². The fraction of sp³-hybridized carbons (Fsp3) is 0.481. The minimum absolute atomic E-state index is 0.0175. The highest BCUT2D eigenvalue weighted by Gasteiger charge is 2.41. The molecular formula is C27H30BrF3N2O4S. The molecule has 0 saturated carbocycles. The predicted molar refractivity (Wildman–Crippen MR) is 142 cm³/mol. The third-order valence-corrected chi connectivity index (χ3v) is 9.47. The van der Waals surface area contributed by atoms with Crippen LogP contribution in [0.4, 0.5) is 18.0 Å². The van der Waals surface area contributed by atoms with Crippen molar-refractivity contribution in [3.63, 3.8) is 0 Å². The van der Waals surface area contributed by atoms with Gasteiger partial charge in [0.15, 0.2) is 15.9 Å². The van der Waals surface area contributed by atoms with E-state index in [0.717, 1.165) is 24.5 Å². The molecule has 38 heavy (non-hydrogen) atoms. The van der Waals surface area contributed by atoms with Crippen molar-refractivity contribution >= 4 is 31.9 Å². The van der Waals surface area contributed by atoms with E-state index in [2.05, 4.69) is 32.8 Å². The maximum absolute atomic E-state index is 14.6. The Hall–Kier alpha value is -2.58. The fourth-order valence-electron chi connectivity index (χ4n) is 4.50. The third kappa shape index (κ3) is 6.34. The highest BCUT2D eigenvalue weighted by Crippen LogP contribution is 2.49. The van der Waals surface area contributed by atoms with Crippen molar-refractivity contribution in [3.05, 3.63) is 62.4 Å². The second-order valence-corrected chi connectivity index (χ2v) is 14.4. The normalized spacial score (nSPS) is 17.3. The van der Waals surface area contributed by atoms with Gasteiger partial charge in [-0.05, 0) is 69.9 Å². The zero-order valence-corrected chi connectivity index (χ0v) is 24.4. The van der Waals surface area contributed by atoms with Crippen LogP contribution >= 0.6 is 15.9 Å². The highest BCUT2D eigenvalue weighted by molar-refractivity contribution is 9.10. The summed E-state index contributed by atoms with van der Waals surface area (Å²) in [5.74, 6) is 3.04. The molecule has 1 aromatic carbocycles. The molecule has 0 radical (unpaired) electrons. The van der Waals surface area contributed by atoms with Gasteiger partial charge in [0.1, 0.15) is 28.2 Å². The van der Waals surface area contributed by atoms with Crippen LogP contribution in [-0.2, 0) is 27.4 Å². The summed E-state index contributed by atoms with van der Waals surface area (Å²) in [4.78, 5) is 16.7. The molecule has 1 aliphatic rings. The smallest absolute Gasteiger partial charge is 0.405 e. The van der Waals surface area contributed by atoms with Crippen LogP contribution < -0.4 is 5.73 Å². The molecule has 1 aromatic heterocycles. The van der Waals surface area contributed by atoms with Gasteiger partial charge in [0.25, 0.3) is 0 Å². The number of aromatic nitrogens is 1. The van der Waals surface area contributed by atoms with Crippen LogP contribution in [0.15, 0.2) is 22.7 Å². The second kappa shape index (κ2) is 10.5. The molecule has 11 heteroatoms. The average Bonchev–Trinajstić information content (AvgIpc) is 3.12. The van der Waals surface area contributed by atoms with E-state index in [1.165, 1.54) is 13.8 Å². The van der Waals surface area contributed by atoms with E-state index in [-0.39, 0.29) is 29.8 Å². The van der Waals surface area contributed by atoms with Gasteiger partial charge in [0.05, 0.1) is 5.69 Å². The summed E-state index contributed by atoms with van der Waals surface area (Å²) >= 11 is 3.49. The van der Waals surface area contributed by atoms with E-state index in [4.69, 9.17) is 10.5 Å². The molecule has 3 atom stereocenters. The Kier molecular flexibility index (Phi) is 8.31. The molecule has 0 fully saturated rings. The summed E-state index contributed by atoms with van der Waals surface area (Å²) < 4.78 is 72.0. The van der Waals surface area contributed by atoms with Crippen molar-refractivity contribution < 1.29 is 31.1 Å². The lowest BCUT2D eigenvalue weighted by molar-refractivity contribution is 0.0545. The second-order valence-electron chi connectivity index (χ2n) is 11.1. The topological polar surface area (TPSA) is 99.3 Å². The molecule has 2 aromatic rings. The van der Waals surface area contributed by atoms with Crippen molar-refractivity contribution in [2.75, 3.05) is 6.26 Å². The number of fused-ring (bicyclic) bond motifs is 1. The van der Waals surface area contributed by atoms with E-state index in [9.17, 15) is 26.4 Å². The molecule has 1 unspecified atom stereocenters. The highest BCUT2D eigenvalue weighted by atomic mass is 79.9. The number of alkyl halides is 1. The number of pyridine rings is 1. The molecule has 0 saturated heterocycles. The zero-order valence-electron chi connectivity index (χ0n) is 22.0. The molecular weight excluding hydrogens is 585 g/mol. The lowest BCUT2D eigenvalue weighted by Crippen LogP contribution is -2.31. The van der Waals surface area contributed by atoms with Gasteiger partial charge in [-0.3, -0.25) is 0 Å². The molecule has 0 aliphatic heterocycles. The number of carbonyl (C=O) groups excluding carboxylic acids is 1. The van der Waals surface area contributed by atoms with Crippen LogP contribution in [0, 0.1) is 28.9 Å². The van der Waals surface area contributed by atoms with Crippen molar-refractivity contribution in [1.29, 1.82) is 0 Å². The number of ether oxygens (including phenoxy) is 1. The Labute approximate surface area is 229 Å². The van der Waals surface area contributed by atoms with Gasteiger partial charge in [0.2, 0.25) is 0 Å². The zero-order chi connectivity index (χ0) is 28.8. The van der Waals surface area contributed by atoms with Gasteiger partial charge in [0, 0.05) is 35.6 Å². The Balaban J connectivity index is 2.34. The first-order valence-corrected chi connectivity index (χ1v) is 14.5. The van der Waals surface area contributed by atoms with Crippen LogP contribution in [0.5, 0.6) is 0 Å². The Bertz CT molecular complexity index is 1420. The lowest BCUT2D eigenvalue weighted by Gasteiger charge is -2.37. The number of hydrogen-bond acceptors (Lipinski definition) is 5. The number of nitrogens with two attached hydrogens (primary N) is 1. The lowest BCUT2D eigenvalue weighted by atomic mass is 9.72. The van der Waals surface area contributed by atoms with E-state index in [0.29, 0.717) is 15.6 Å². The number of hydrogen-bond donors (Lipinski definition) is 1. The summed E-state index contributed by atoms with van der Waals surface area (Å²) in [5, 5.41) is 0. The van der Waals surface area contributed by atoms with Crippen molar-refractivity contribution in [2.45, 2.75) is 70.4 Å². The monoisotopic (exact) mass is 614 g/mol. The van der Waals surface area contributed by atoms with Gasteiger partial charge in [-0.2, -0.15) is 0 Å². The number of carbonyl (C=O) groups is 1. The number of primary amides is 1. The fourth-order valence-corrected chi connectivity index (χ4v) is 5.45. The number of amides is 1. The van der Waals surface area contributed by atoms with E-state index >= 15 is 0 Å². The molecule has 206 valence electrons. The van der Waals surface area contributed by atoms with Crippen molar-refractivity contribution in [3.8, 4) is 11.8 Å². The minimum atomic E-state index is -3.57. The Morgan fingerprint density at radius 3 is 2.18 bits per heavy atom. The summed E-state index contributed by atoms with van der Waals surface area (Å²) in [6.07, 6.45) is -2.53. The standard InChI is InChI=1S/C27H30BrF3N2O4S/c1-26(2,3)21(14-9-15(29)11-16(30)10-14)24(37-25(32)34)23-22(28)19-13-17(31)12-18(19)20(33-23)7-8-27(4,5)38(6,35)36/h9-11,17,21,24H,12-13H2,1-6H3,(H2,32,34)/t17-,21?,24+/m1/s1. The van der Waals surface area contributed by atoms with Gasteiger partial charge in [-0.1, -0.05) is 26.7 Å². The largest absolute Gasteiger partial charge is 0.439 e. The predicted octanol–water partition coefficient (Wildman–Crippen LogP) is 5.70. The number of nitrogens with zero attached hydrogens (tertiary/aromatic N) is 1. The molecule has 3 rings (SSSR count). The van der Waals surface area contributed by atoms with Crippen LogP contribution in [0.2, 0.25) is 0 Å². The first kappa shape index (κ1) is 30.0. The van der Waals surface area contributed by atoms with E-state index in [1.807, 2.05) is 0 Å². The van der Waals surface area contributed by atoms with Crippen molar-refractivity contribution in [2.24, 2.45) is 11.1 Å². The minimum Gasteiger partial charge on any atom is -0.439 e. The maximum atomic E-state index is 14.6. The first-order valence-electron chi connectivity index (χ1n) is 11.8. The maximum Gasteiger partial charge on any atom is 0.405 e. The summed E-state index contributed by atoms with van der Waals surface area (Å²) in [6.45, 7) is 8.28. The van der Waals surface area contributed by atoms with Gasteiger partial charge < -0.3 is 10.5 Å². The Morgan fingerprint density at radius 2 is 1.68 bits per heavy atom. The third-order valence-electron chi connectivity index (χ3n) is 6.62. The quantitative estimate of drug-likeness (QED) is 0.436. The number of benzene rings is 1. The molecule has 0 spiro atoms. The summed E-state index contributed by atoms with van der Waals surface area (Å²) in [6, 6.07) is 3.02. The molecule has 0 bridgehead atoms. The van der Waals surface area contributed by atoms with Crippen LogP contribution in [0.3, 0.4) is 0 Å². The number of halogens is 4. The van der Waals surface area contributed by atoms with Crippen LogP contribution in [0.1, 0.15) is 74.7 Å². The SMILES string of the molecule is CC(C)(C)C(c1cc(F)cc(F)c1)[C@H](OC(N)=O)c1nc(C#CC(C)(C)S(C)(=O)=O)c2c(c1Br)C[C@H](F)C2. The first-order chi connectivity index (χ1) is 17.3. The molecule has 2 N–H and O–H groups in total. The molecule has 1 amide bonds. The van der Waals surface area contributed by atoms with Crippen LogP contribution in [0.25, 0.3) is 0 Å². The van der Waals surface area contributed by atoms with E-state index in [1.54, 1.807) is 20.8 Å². The summed E-state index contributed by atoms with van der Waals surface area (Å²) in [5.41, 5.74) is 6.19.